The van der Waals surface area contributed by atoms with E-state index in [9.17, 15) is 9.59 Å². The van der Waals surface area contributed by atoms with Gasteiger partial charge in [-0.3, -0.25) is 9.59 Å². The van der Waals surface area contributed by atoms with Gasteiger partial charge in [0.2, 0.25) is 11.7 Å². The summed E-state index contributed by atoms with van der Waals surface area (Å²) >= 11 is 0. The van der Waals surface area contributed by atoms with Crippen molar-refractivity contribution < 1.29 is 42.1 Å². The Bertz CT molecular complexity index is 1260. The quantitative estimate of drug-likeness (QED) is 0.523. The summed E-state index contributed by atoms with van der Waals surface area (Å²) in [6.07, 6.45) is 2.00. The van der Waals surface area contributed by atoms with E-state index in [2.05, 4.69) is 0 Å². The zero-order chi connectivity index (χ0) is 28.1. The van der Waals surface area contributed by atoms with E-state index in [4.69, 9.17) is 23.7 Å². The predicted molar refractivity (Wildman–Crippen MR) is 136 cm³/mol. The van der Waals surface area contributed by atoms with Gasteiger partial charge in [0.15, 0.2) is 11.5 Å². The summed E-state index contributed by atoms with van der Waals surface area (Å²) in [5.74, 6) is -4.49. The van der Waals surface area contributed by atoms with E-state index in [0.717, 1.165) is 28.2 Å². The Morgan fingerprint density at radius 3 is 2.15 bits per heavy atom. The first-order valence-electron chi connectivity index (χ1n) is 12.8. The lowest BCUT2D eigenvalue weighted by Crippen LogP contribution is -2.68. The van der Waals surface area contributed by atoms with Crippen LogP contribution in [0.15, 0.2) is 24.3 Å². The molecule has 2 aromatic carbocycles. The van der Waals surface area contributed by atoms with Gasteiger partial charge in [-0.25, -0.2) is 0 Å². The summed E-state index contributed by atoms with van der Waals surface area (Å²) < 4.78 is 59.0. The van der Waals surface area contributed by atoms with Crippen LogP contribution in [-0.4, -0.2) is 75.8 Å². The summed E-state index contributed by atoms with van der Waals surface area (Å²) in [5.41, 5.74) is 1.03. The highest BCUT2D eigenvalue weighted by Gasteiger charge is 2.58. The summed E-state index contributed by atoms with van der Waals surface area (Å²) in [6.45, 7) is 0.422. The third kappa shape index (κ3) is 4.09. The highest BCUT2D eigenvalue weighted by Crippen LogP contribution is 2.50. The van der Waals surface area contributed by atoms with Crippen molar-refractivity contribution in [3.63, 3.8) is 0 Å². The highest BCUT2D eigenvalue weighted by atomic mass is 19.3. The lowest BCUT2D eigenvalue weighted by atomic mass is 9.77. The molecule has 2 amide bonds. The number of carbonyl (C=O) groups is 2. The van der Waals surface area contributed by atoms with E-state index < -0.39 is 35.5 Å². The number of halogens is 2. The minimum atomic E-state index is -3.97. The first-order chi connectivity index (χ1) is 18.7. The molecule has 210 valence electrons. The SMILES string of the molecule is COc1cc2c(c(OC)c1)C1C3CCCC(C(=O)N1CC2)N3C(=O)C(F)(F)c1cc(OC)c(OC)c(OC)c1. The first kappa shape index (κ1) is 26.8. The van der Waals surface area contributed by atoms with Crippen LogP contribution in [0.3, 0.4) is 0 Å². The molecule has 9 nitrogen and oxygen atoms in total. The highest BCUT2D eigenvalue weighted by molar-refractivity contribution is 5.94. The van der Waals surface area contributed by atoms with E-state index in [0.29, 0.717) is 43.7 Å². The fourth-order valence-electron chi connectivity index (χ4n) is 6.28. The normalized spacial score (nSPS) is 22.0. The van der Waals surface area contributed by atoms with Gasteiger partial charge in [0, 0.05) is 23.7 Å². The molecule has 3 heterocycles. The van der Waals surface area contributed by atoms with Gasteiger partial charge in [0.25, 0.3) is 5.91 Å². The molecule has 0 saturated carbocycles. The van der Waals surface area contributed by atoms with Gasteiger partial charge in [-0.1, -0.05) is 0 Å². The number of benzene rings is 2. The van der Waals surface area contributed by atoms with E-state index in [1.807, 2.05) is 6.07 Å². The molecule has 3 unspecified atom stereocenters. The number of hydrogen-bond donors (Lipinski definition) is 0. The van der Waals surface area contributed by atoms with Crippen molar-refractivity contribution >= 4 is 11.8 Å². The first-order valence-corrected chi connectivity index (χ1v) is 12.8. The number of fused-ring (bicyclic) bond motifs is 6. The Morgan fingerprint density at radius 1 is 0.897 bits per heavy atom. The number of hydrogen-bond acceptors (Lipinski definition) is 7. The van der Waals surface area contributed by atoms with Crippen molar-refractivity contribution in [3.8, 4) is 28.7 Å². The second-order valence-electron chi connectivity index (χ2n) is 9.84. The maximum atomic E-state index is 16.1. The number of alkyl halides is 2. The van der Waals surface area contributed by atoms with Crippen molar-refractivity contribution in [2.24, 2.45) is 0 Å². The maximum absolute atomic E-state index is 16.1. The molecule has 0 aliphatic carbocycles. The van der Waals surface area contributed by atoms with Gasteiger partial charge in [-0.05, 0) is 49.4 Å². The second kappa shape index (κ2) is 10.1. The topological polar surface area (TPSA) is 86.8 Å². The molecule has 3 aliphatic rings. The Hall–Kier alpha value is -3.76. The van der Waals surface area contributed by atoms with Crippen molar-refractivity contribution in [1.29, 1.82) is 0 Å². The molecule has 0 spiro atoms. The standard InChI is InChI=1S/C28H32F2N2O7/c1-35-17-11-15-9-10-31-24(23(15)20(14-17)36-2)18-7-6-8-19(26(31)33)32(18)27(34)28(29,30)16-12-21(37-3)25(39-5)22(13-16)38-4/h11-14,18-19,24H,6-10H2,1-5H3. The van der Waals surface area contributed by atoms with Crippen LogP contribution in [0.2, 0.25) is 0 Å². The van der Waals surface area contributed by atoms with Gasteiger partial charge in [0.05, 0.1) is 47.6 Å². The van der Waals surface area contributed by atoms with Crippen LogP contribution >= 0.6 is 0 Å². The maximum Gasteiger partial charge on any atom is 0.350 e. The Morgan fingerprint density at radius 2 is 1.56 bits per heavy atom. The third-order valence-corrected chi connectivity index (χ3v) is 8.04. The molecule has 0 N–H and O–H groups in total. The van der Waals surface area contributed by atoms with Gasteiger partial charge in [-0.15, -0.1) is 0 Å². The van der Waals surface area contributed by atoms with Crippen LogP contribution in [0.5, 0.6) is 28.7 Å². The number of amides is 2. The molecule has 0 aromatic heterocycles. The summed E-state index contributed by atoms with van der Waals surface area (Å²) in [4.78, 5) is 30.4. The Kier molecular flexibility index (Phi) is 6.94. The smallest absolute Gasteiger partial charge is 0.350 e. The van der Waals surface area contributed by atoms with E-state index >= 15 is 8.78 Å². The lowest BCUT2D eigenvalue weighted by Gasteiger charge is -2.56. The molecular formula is C28H32F2N2O7. The van der Waals surface area contributed by atoms with Gasteiger partial charge < -0.3 is 33.5 Å². The number of carbonyl (C=O) groups excluding carboxylic acids is 2. The number of piperazine rings is 1. The zero-order valence-electron chi connectivity index (χ0n) is 22.6. The number of piperidine rings is 1. The number of rotatable bonds is 7. The Labute approximate surface area is 225 Å². The molecule has 2 saturated heterocycles. The van der Waals surface area contributed by atoms with Crippen LogP contribution in [-0.2, 0) is 21.9 Å². The van der Waals surface area contributed by atoms with Crippen LogP contribution in [0.1, 0.15) is 42.0 Å². The monoisotopic (exact) mass is 546 g/mol. The zero-order valence-corrected chi connectivity index (χ0v) is 22.6. The number of methoxy groups -OCH3 is 5. The fraction of sp³-hybridized carbons (Fsp3) is 0.500. The predicted octanol–water partition coefficient (Wildman–Crippen LogP) is 3.71. The van der Waals surface area contributed by atoms with Crippen molar-refractivity contribution in [2.75, 3.05) is 42.1 Å². The summed E-state index contributed by atoms with van der Waals surface area (Å²) in [6, 6.07) is 3.51. The van der Waals surface area contributed by atoms with Gasteiger partial charge in [-0.2, -0.15) is 8.78 Å². The minimum Gasteiger partial charge on any atom is -0.497 e. The average molecular weight is 547 g/mol. The Balaban J connectivity index is 1.60. The van der Waals surface area contributed by atoms with E-state index in [-0.39, 0.29) is 23.2 Å². The average Bonchev–Trinajstić information content (AvgIpc) is 2.96. The van der Waals surface area contributed by atoms with Gasteiger partial charge in [0.1, 0.15) is 17.5 Å². The molecule has 3 atom stereocenters. The molecular weight excluding hydrogens is 514 g/mol. The molecule has 2 aromatic rings. The van der Waals surface area contributed by atoms with Crippen molar-refractivity contribution in [1.82, 2.24) is 9.80 Å². The molecule has 2 bridgehead atoms. The minimum absolute atomic E-state index is 0.000284. The third-order valence-electron chi connectivity index (χ3n) is 8.04. The van der Waals surface area contributed by atoms with Crippen molar-refractivity contribution in [3.05, 3.63) is 41.0 Å². The molecule has 2 fully saturated rings. The van der Waals surface area contributed by atoms with Gasteiger partial charge >= 0.3 is 5.92 Å². The molecule has 39 heavy (non-hydrogen) atoms. The van der Waals surface area contributed by atoms with E-state index in [1.54, 1.807) is 18.1 Å². The largest absolute Gasteiger partial charge is 0.497 e. The molecule has 11 heteroatoms. The number of ether oxygens (including phenoxy) is 5. The van der Waals surface area contributed by atoms with E-state index in [1.165, 1.54) is 28.4 Å². The van der Waals surface area contributed by atoms with Crippen LogP contribution in [0.4, 0.5) is 8.78 Å². The summed E-state index contributed by atoms with van der Waals surface area (Å²) in [5, 5.41) is 0. The van der Waals surface area contributed by atoms with Crippen LogP contribution in [0, 0.1) is 0 Å². The van der Waals surface area contributed by atoms with Crippen molar-refractivity contribution in [2.45, 2.75) is 49.7 Å². The second-order valence-corrected chi connectivity index (χ2v) is 9.84. The lowest BCUT2D eigenvalue weighted by molar-refractivity contribution is -0.182. The van der Waals surface area contributed by atoms with Crippen LogP contribution < -0.4 is 23.7 Å². The van der Waals surface area contributed by atoms with Crippen LogP contribution in [0.25, 0.3) is 0 Å². The molecule has 3 aliphatic heterocycles. The number of nitrogens with zero attached hydrogens (tertiary/aromatic N) is 2. The molecule has 0 radical (unpaired) electrons. The summed E-state index contributed by atoms with van der Waals surface area (Å²) in [7, 11) is 7.06. The molecule has 5 rings (SSSR count). The fourth-order valence-corrected chi connectivity index (χ4v) is 6.28.